The number of ether oxygens (including phenoxy) is 2. The highest BCUT2D eigenvalue weighted by molar-refractivity contribution is 6.30. The Morgan fingerprint density at radius 2 is 1.74 bits per heavy atom. The molecule has 0 bridgehead atoms. The summed E-state index contributed by atoms with van der Waals surface area (Å²) in [6, 6.07) is 19.0. The molecule has 2 amide bonds. The Balaban J connectivity index is 1.82. The van der Waals surface area contributed by atoms with E-state index in [0.717, 1.165) is 40.8 Å². The van der Waals surface area contributed by atoms with E-state index in [2.05, 4.69) is 6.92 Å². The van der Waals surface area contributed by atoms with Crippen LogP contribution in [0.4, 0.5) is 5.69 Å². The van der Waals surface area contributed by atoms with Crippen molar-refractivity contribution in [1.29, 1.82) is 0 Å². The number of hydrogen-bond donors (Lipinski definition) is 0. The molecule has 6 nitrogen and oxygen atoms in total. The molecule has 0 fully saturated rings. The summed E-state index contributed by atoms with van der Waals surface area (Å²) >= 11 is 6.22. The van der Waals surface area contributed by atoms with Crippen molar-refractivity contribution in [3.63, 3.8) is 0 Å². The second-order valence-corrected chi connectivity index (χ2v) is 10.1. The van der Waals surface area contributed by atoms with Crippen LogP contribution in [0.2, 0.25) is 5.02 Å². The van der Waals surface area contributed by atoms with E-state index >= 15 is 0 Å². The molecule has 7 heteroatoms. The summed E-state index contributed by atoms with van der Waals surface area (Å²) in [7, 11) is 1.62. The van der Waals surface area contributed by atoms with E-state index in [0.29, 0.717) is 23.1 Å². The third-order valence-corrected chi connectivity index (χ3v) is 7.58. The van der Waals surface area contributed by atoms with Gasteiger partial charge in [-0.3, -0.25) is 9.59 Å². The minimum Gasteiger partial charge on any atom is -0.493 e. The number of anilines is 1. The highest BCUT2D eigenvalue weighted by atomic mass is 35.5. The molecule has 0 aromatic heterocycles. The molecule has 2 unspecified atom stereocenters. The highest BCUT2D eigenvalue weighted by Crippen LogP contribution is 2.44. The summed E-state index contributed by atoms with van der Waals surface area (Å²) < 4.78 is 11.9. The Morgan fingerprint density at radius 3 is 2.32 bits per heavy atom. The predicted octanol–water partition coefficient (Wildman–Crippen LogP) is 6.74. The number of nitrogens with zero attached hydrogens (tertiary/aromatic N) is 2. The van der Waals surface area contributed by atoms with Crippen molar-refractivity contribution in [1.82, 2.24) is 4.90 Å². The topological polar surface area (TPSA) is 59.1 Å². The van der Waals surface area contributed by atoms with Crippen molar-refractivity contribution in [2.45, 2.75) is 58.7 Å². The summed E-state index contributed by atoms with van der Waals surface area (Å²) in [4.78, 5) is 28.7. The van der Waals surface area contributed by atoms with Crippen LogP contribution in [0.3, 0.4) is 0 Å². The summed E-state index contributed by atoms with van der Waals surface area (Å²) in [5, 5.41) is 0.632. The lowest BCUT2D eigenvalue weighted by molar-refractivity contribution is -0.120. The molecule has 1 heterocycles. The quantitative estimate of drug-likeness (QED) is 0.270. The first-order valence-electron chi connectivity index (χ1n) is 13.1. The van der Waals surface area contributed by atoms with Crippen LogP contribution in [0.15, 0.2) is 60.7 Å². The maximum Gasteiger partial charge on any atom is 0.232 e. The third kappa shape index (κ3) is 5.51. The number of hydrogen-bond acceptors (Lipinski definition) is 4. The van der Waals surface area contributed by atoms with Gasteiger partial charge in [0.05, 0.1) is 31.7 Å². The maximum absolute atomic E-state index is 13.7. The van der Waals surface area contributed by atoms with Gasteiger partial charge in [0.1, 0.15) is 0 Å². The fraction of sp³-hybridized carbons (Fsp3) is 0.355. The van der Waals surface area contributed by atoms with E-state index in [1.165, 1.54) is 0 Å². The molecule has 3 atom stereocenters. The molecule has 38 heavy (non-hydrogen) atoms. The van der Waals surface area contributed by atoms with Crippen LogP contribution in [0.25, 0.3) is 0 Å². The number of methoxy groups -OCH3 is 1. The Hall–Kier alpha value is -3.51. The number of carbonyl (C=O) groups is 2. The first-order chi connectivity index (χ1) is 18.3. The molecule has 3 aromatic carbocycles. The van der Waals surface area contributed by atoms with Crippen molar-refractivity contribution >= 4 is 29.6 Å². The van der Waals surface area contributed by atoms with Crippen LogP contribution >= 0.6 is 11.6 Å². The Labute approximate surface area is 230 Å². The van der Waals surface area contributed by atoms with Crippen LogP contribution in [-0.4, -0.2) is 37.0 Å². The standard InChI is InChI=1S/C31H35ClN2O4/c1-6-20(3)38-29-18-27-24(16-28(29)37-5)17-30(36)34(31(27)23-8-12-25(32)13-9-23)26-14-10-22(11-15-26)21(4)33(7-2)19-35/h8-16,18-21,31H,6-7,17H2,1-5H3/t20-,21?,31?/m1/s1. The van der Waals surface area contributed by atoms with Crippen LogP contribution in [-0.2, 0) is 16.0 Å². The van der Waals surface area contributed by atoms with Gasteiger partial charge in [0, 0.05) is 17.3 Å². The van der Waals surface area contributed by atoms with Crippen molar-refractivity contribution in [3.05, 3.63) is 87.9 Å². The summed E-state index contributed by atoms with van der Waals surface area (Å²) in [6.45, 7) is 8.67. The minimum absolute atomic E-state index is 0.0147. The predicted molar refractivity (Wildman–Crippen MR) is 151 cm³/mol. The lowest BCUT2D eigenvalue weighted by atomic mass is 9.86. The van der Waals surface area contributed by atoms with Crippen molar-refractivity contribution in [2.24, 2.45) is 0 Å². The Morgan fingerprint density at radius 1 is 1.05 bits per heavy atom. The van der Waals surface area contributed by atoms with Crippen LogP contribution in [0.1, 0.15) is 68.5 Å². The van der Waals surface area contributed by atoms with Gasteiger partial charge in [-0.1, -0.05) is 42.8 Å². The maximum atomic E-state index is 13.7. The van der Waals surface area contributed by atoms with Gasteiger partial charge in [0.25, 0.3) is 0 Å². The zero-order valence-corrected chi connectivity index (χ0v) is 23.4. The van der Waals surface area contributed by atoms with Crippen LogP contribution in [0.5, 0.6) is 11.5 Å². The van der Waals surface area contributed by atoms with Gasteiger partial charge in [-0.2, -0.15) is 0 Å². The average molecular weight is 535 g/mol. The summed E-state index contributed by atoms with van der Waals surface area (Å²) in [6.07, 6.45) is 1.98. The number of amides is 2. The molecule has 3 aromatic rings. The average Bonchev–Trinajstić information content (AvgIpc) is 2.93. The molecule has 0 saturated heterocycles. The van der Waals surface area contributed by atoms with Crippen molar-refractivity contribution < 1.29 is 19.1 Å². The lowest BCUT2D eigenvalue weighted by Crippen LogP contribution is -2.41. The monoisotopic (exact) mass is 534 g/mol. The molecule has 4 rings (SSSR count). The Bertz CT molecular complexity index is 1280. The molecule has 0 N–H and O–H groups in total. The van der Waals surface area contributed by atoms with Crippen molar-refractivity contribution in [3.8, 4) is 11.5 Å². The molecular formula is C31H35ClN2O4. The lowest BCUT2D eigenvalue weighted by Gasteiger charge is -2.38. The third-order valence-electron chi connectivity index (χ3n) is 7.33. The summed E-state index contributed by atoms with van der Waals surface area (Å²) in [5.74, 6) is 1.26. The van der Waals surface area contributed by atoms with E-state index in [1.54, 1.807) is 12.0 Å². The number of halogens is 1. The second-order valence-electron chi connectivity index (χ2n) is 9.64. The van der Waals surface area contributed by atoms with Crippen LogP contribution < -0.4 is 14.4 Å². The van der Waals surface area contributed by atoms with Gasteiger partial charge >= 0.3 is 0 Å². The number of benzene rings is 3. The fourth-order valence-electron chi connectivity index (χ4n) is 4.92. The smallest absolute Gasteiger partial charge is 0.232 e. The molecule has 0 spiro atoms. The van der Waals surface area contributed by atoms with E-state index < -0.39 is 0 Å². The number of fused-ring (bicyclic) bond motifs is 1. The largest absolute Gasteiger partial charge is 0.493 e. The van der Waals surface area contributed by atoms with Crippen LogP contribution in [0, 0.1) is 0 Å². The van der Waals surface area contributed by atoms with Crippen molar-refractivity contribution in [2.75, 3.05) is 18.6 Å². The van der Waals surface area contributed by atoms with E-state index in [9.17, 15) is 9.59 Å². The molecule has 200 valence electrons. The molecule has 0 radical (unpaired) electrons. The van der Waals surface area contributed by atoms with E-state index in [4.69, 9.17) is 21.1 Å². The van der Waals surface area contributed by atoms with Gasteiger partial charge < -0.3 is 19.3 Å². The molecule has 0 aliphatic carbocycles. The molecular weight excluding hydrogens is 500 g/mol. The second kappa shape index (κ2) is 11.9. The SMILES string of the molecule is CC[C@@H](C)Oc1cc2c(cc1OC)CC(=O)N(c1ccc(C(C)N(C=O)CC)cc1)C2c1ccc(Cl)cc1. The van der Waals surface area contributed by atoms with E-state index in [1.807, 2.05) is 86.3 Å². The zero-order chi connectivity index (χ0) is 27.4. The van der Waals surface area contributed by atoms with Gasteiger partial charge in [0.2, 0.25) is 12.3 Å². The first-order valence-corrected chi connectivity index (χ1v) is 13.4. The normalized spacial score (nSPS) is 16.4. The number of carbonyl (C=O) groups excluding carboxylic acids is 2. The molecule has 1 aliphatic rings. The van der Waals surface area contributed by atoms with E-state index in [-0.39, 0.29) is 30.5 Å². The Kier molecular flexibility index (Phi) is 8.62. The zero-order valence-electron chi connectivity index (χ0n) is 22.6. The molecule has 0 saturated carbocycles. The highest BCUT2D eigenvalue weighted by Gasteiger charge is 2.36. The summed E-state index contributed by atoms with van der Waals surface area (Å²) in [5.41, 5.74) is 4.63. The number of rotatable bonds is 10. The fourth-order valence-corrected chi connectivity index (χ4v) is 5.05. The van der Waals surface area contributed by atoms with Gasteiger partial charge in [-0.05, 0) is 85.8 Å². The minimum atomic E-state index is -0.376. The van der Waals surface area contributed by atoms with Gasteiger partial charge in [0.15, 0.2) is 11.5 Å². The molecule has 1 aliphatic heterocycles. The first kappa shape index (κ1) is 27.5. The van der Waals surface area contributed by atoms with Gasteiger partial charge in [-0.25, -0.2) is 0 Å². The van der Waals surface area contributed by atoms with Gasteiger partial charge in [-0.15, -0.1) is 0 Å².